The Balaban J connectivity index is 1.73. The lowest BCUT2D eigenvalue weighted by Crippen LogP contribution is -2.62. The Hall–Kier alpha value is -0.945. The minimum atomic E-state index is -3.07. The molecule has 19 heavy (non-hydrogen) atoms. The summed E-state index contributed by atoms with van der Waals surface area (Å²) in [6.45, 7) is 0.404. The lowest BCUT2D eigenvalue weighted by molar-refractivity contribution is -0.155. The zero-order valence-corrected chi connectivity index (χ0v) is 10.9. The molecular weight excluding hydrogens is 273 g/mol. The third-order valence-corrected chi connectivity index (χ3v) is 3.68. The summed E-state index contributed by atoms with van der Waals surface area (Å²) in [4.78, 5) is 12.2. The van der Waals surface area contributed by atoms with E-state index in [2.05, 4.69) is 0 Å². The van der Waals surface area contributed by atoms with E-state index in [0.29, 0.717) is 10.6 Å². The minimum Gasteiger partial charge on any atom is -0.514 e. The first-order valence-corrected chi connectivity index (χ1v) is 6.40. The average molecular weight is 285 g/mol. The van der Waals surface area contributed by atoms with Gasteiger partial charge in [-0.1, -0.05) is 23.7 Å². The van der Waals surface area contributed by atoms with Crippen LogP contribution in [0.25, 0.3) is 0 Å². The highest BCUT2D eigenvalue weighted by Crippen LogP contribution is 2.39. The Kier molecular flexibility index (Phi) is 3.13. The van der Waals surface area contributed by atoms with Crippen molar-refractivity contribution >= 4 is 24.4 Å². The topological polar surface area (TPSA) is 44.8 Å². The van der Waals surface area contributed by atoms with Crippen LogP contribution in [0, 0.1) is 5.41 Å². The van der Waals surface area contributed by atoms with Crippen molar-refractivity contribution in [2.45, 2.75) is 6.42 Å². The zero-order valence-electron chi connectivity index (χ0n) is 10.1. The Morgan fingerprint density at radius 3 is 2.53 bits per heavy atom. The van der Waals surface area contributed by atoms with Crippen molar-refractivity contribution in [2.75, 3.05) is 19.8 Å². The molecule has 3 saturated heterocycles. The quantitative estimate of drug-likeness (QED) is 0.632. The van der Waals surface area contributed by atoms with Gasteiger partial charge in [0.05, 0.1) is 0 Å². The van der Waals surface area contributed by atoms with Gasteiger partial charge in [-0.2, -0.15) is 0 Å². The molecule has 1 aromatic rings. The third-order valence-electron chi connectivity index (χ3n) is 3.45. The first-order valence-electron chi connectivity index (χ1n) is 6.02. The van der Waals surface area contributed by atoms with Crippen molar-refractivity contribution in [2.24, 2.45) is 5.41 Å². The number of rotatable bonds is 3. The number of carbonyl (C=O) groups is 1. The van der Waals surface area contributed by atoms with Gasteiger partial charge in [0.2, 0.25) is 0 Å². The Morgan fingerprint density at radius 1 is 1.32 bits per heavy atom. The van der Waals surface area contributed by atoms with Gasteiger partial charge in [0, 0.05) is 42.2 Å². The van der Waals surface area contributed by atoms with Crippen molar-refractivity contribution in [3.05, 3.63) is 34.9 Å². The van der Waals surface area contributed by atoms with Gasteiger partial charge < -0.3 is 18.3 Å². The van der Waals surface area contributed by atoms with Gasteiger partial charge in [-0.3, -0.25) is 4.79 Å². The molecule has 1 aromatic carbocycles. The van der Waals surface area contributed by atoms with Gasteiger partial charge in [-0.15, -0.1) is 0 Å². The van der Waals surface area contributed by atoms with E-state index in [1.807, 2.05) is 0 Å². The van der Waals surface area contributed by atoms with Crippen molar-refractivity contribution in [3.8, 4) is 0 Å². The van der Waals surface area contributed by atoms with Gasteiger partial charge in [-0.25, -0.2) is 0 Å². The van der Waals surface area contributed by atoms with Crippen LogP contribution < -0.4 is 0 Å². The van der Waals surface area contributed by atoms with E-state index in [0.717, 1.165) is 0 Å². The molecule has 3 fully saturated rings. The number of carbonyl (C=O) groups excluding carboxylic acids is 1. The number of fused-ring (bicyclic) bond motifs is 3. The molecule has 7 heteroatoms. The van der Waals surface area contributed by atoms with Crippen molar-refractivity contribution in [1.29, 1.82) is 0 Å². The van der Waals surface area contributed by atoms with E-state index in [-0.39, 0.29) is 32.0 Å². The Labute approximate surface area is 114 Å². The molecule has 3 aliphatic heterocycles. The summed E-state index contributed by atoms with van der Waals surface area (Å²) in [5.41, 5.74) is -0.0790. The number of halogens is 2. The fourth-order valence-corrected chi connectivity index (χ4v) is 2.55. The molecule has 0 amide bonds. The summed E-state index contributed by atoms with van der Waals surface area (Å²) in [5.74, 6) is -0.0842. The SMILES string of the molecule is O=C(CC12CO[B-](F)(OC1)OC2)c1cccc(Cl)c1. The molecule has 0 radical (unpaired) electrons. The van der Waals surface area contributed by atoms with E-state index in [1.165, 1.54) is 0 Å². The van der Waals surface area contributed by atoms with Crippen molar-refractivity contribution in [1.82, 2.24) is 0 Å². The van der Waals surface area contributed by atoms with Gasteiger partial charge in [0.1, 0.15) is 0 Å². The number of hydrogen-bond donors (Lipinski definition) is 0. The molecule has 0 N–H and O–H groups in total. The Bertz CT molecular complexity index is 500. The molecule has 0 atom stereocenters. The van der Waals surface area contributed by atoms with Crippen LogP contribution in [0.15, 0.2) is 24.3 Å². The Morgan fingerprint density at radius 2 is 1.95 bits per heavy atom. The van der Waals surface area contributed by atoms with Crippen LogP contribution in [-0.4, -0.2) is 32.6 Å². The number of Topliss-reactive ketones (excluding diaryl/α,β-unsaturated/α-hetero) is 1. The third kappa shape index (κ3) is 2.53. The van der Waals surface area contributed by atoms with Gasteiger partial charge in [-0.05, 0) is 12.1 Å². The molecular formula is C12H12BClFO4-. The average Bonchev–Trinajstić information content (AvgIpc) is 2.41. The van der Waals surface area contributed by atoms with Gasteiger partial charge in [0.25, 0.3) is 0 Å². The summed E-state index contributed by atoms with van der Waals surface area (Å²) in [5, 5.41) is 0.505. The maximum absolute atomic E-state index is 13.5. The van der Waals surface area contributed by atoms with Crippen molar-refractivity contribution in [3.63, 3.8) is 0 Å². The highest BCUT2D eigenvalue weighted by atomic mass is 35.5. The van der Waals surface area contributed by atoms with E-state index in [1.54, 1.807) is 24.3 Å². The summed E-state index contributed by atoms with van der Waals surface area (Å²) < 4.78 is 28.2. The smallest absolute Gasteiger partial charge is 0.514 e. The second kappa shape index (κ2) is 4.56. The molecule has 0 aliphatic carbocycles. The van der Waals surface area contributed by atoms with Crippen LogP contribution in [0.4, 0.5) is 4.32 Å². The zero-order chi connectivity index (χ0) is 13.5. The highest BCUT2D eigenvalue weighted by molar-refractivity contribution is 6.53. The molecule has 3 heterocycles. The van der Waals surface area contributed by atoms with Crippen LogP contribution in [-0.2, 0) is 14.0 Å². The van der Waals surface area contributed by atoms with Crippen molar-refractivity contribution < 1.29 is 23.1 Å². The normalized spacial score (nSPS) is 33.4. The van der Waals surface area contributed by atoms with E-state index < -0.39 is 12.4 Å². The maximum Gasteiger partial charge on any atom is 0.566 e. The van der Waals surface area contributed by atoms with E-state index >= 15 is 0 Å². The van der Waals surface area contributed by atoms with Crippen LogP contribution in [0.5, 0.6) is 0 Å². The number of benzene rings is 1. The molecule has 3 aliphatic rings. The molecule has 0 spiro atoms. The van der Waals surface area contributed by atoms with Gasteiger partial charge >= 0.3 is 7.03 Å². The lowest BCUT2D eigenvalue weighted by atomic mass is 9.78. The monoisotopic (exact) mass is 285 g/mol. The number of hydrogen-bond acceptors (Lipinski definition) is 4. The predicted molar refractivity (Wildman–Crippen MR) is 67.6 cm³/mol. The number of ketones is 1. The molecule has 0 unspecified atom stereocenters. The second-order valence-corrected chi connectivity index (χ2v) is 5.54. The standard InChI is InChI=1S/C12H12BClFO4/c14-10-3-1-2-9(4-10)11(16)5-12-6-17-13(15,18-7-12)19-8-12/h1-4H,5-8H2/q-1. The van der Waals surface area contributed by atoms with Gasteiger partial charge in [0.15, 0.2) is 5.78 Å². The maximum atomic E-state index is 13.5. The minimum absolute atomic E-state index is 0.0842. The van der Waals surface area contributed by atoms with E-state index in [4.69, 9.17) is 25.6 Å². The molecule has 102 valence electrons. The molecule has 0 aromatic heterocycles. The highest BCUT2D eigenvalue weighted by Gasteiger charge is 2.50. The van der Waals surface area contributed by atoms with Crippen LogP contribution >= 0.6 is 11.6 Å². The van der Waals surface area contributed by atoms with Crippen LogP contribution in [0.1, 0.15) is 16.8 Å². The molecule has 0 saturated carbocycles. The second-order valence-electron chi connectivity index (χ2n) is 5.10. The fraction of sp³-hybridized carbons (Fsp3) is 0.417. The summed E-state index contributed by atoms with van der Waals surface area (Å²) >= 11 is 5.85. The van der Waals surface area contributed by atoms with Crippen LogP contribution in [0.3, 0.4) is 0 Å². The summed E-state index contributed by atoms with van der Waals surface area (Å²) in [6, 6.07) is 6.72. The molecule has 2 bridgehead atoms. The summed E-state index contributed by atoms with van der Waals surface area (Å²) in [6.07, 6.45) is 0.180. The molecule has 4 nitrogen and oxygen atoms in total. The molecule has 4 rings (SSSR count). The lowest BCUT2D eigenvalue weighted by Gasteiger charge is -2.54. The first-order chi connectivity index (χ1) is 9.00. The van der Waals surface area contributed by atoms with E-state index in [9.17, 15) is 9.11 Å². The largest absolute Gasteiger partial charge is 0.566 e. The first kappa shape index (κ1) is 13.1. The summed E-state index contributed by atoms with van der Waals surface area (Å²) in [7, 11) is -3.07. The fourth-order valence-electron chi connectivity index (χ4n) is 2.36. The van der Waals surface area contributed by atoms with Crippen LogP contribution in [0.2, 0.25) is 5.02 Å². The predicted octanol–water partition coefficient (Wildman–Crippen LogP) is 2.38.